The Morgan fingerprint density at radius 3 is 2.70 bits per heavy atom. The Balaban J connectivity index is 3.11. The summed E-state index contributed by atoms with van der Waals surface area (Å²) in [4.78, 5) is 24.5. The van der Waals surface area contributed by atoms with Crippen molar-refractivity contribution in [3.63, 3.8) is 0 Å². The number of nitrogens with zero attached hydrogens (tertiary/aromatic N) is 2. The van der Waals surface area contributed by atoms with Gasteiger partial charge in [0.1, 0.15) is 0 Å². The minimum atomic E-state index is -0.498. The molecule has 6 nitrogen and oxygen atoms in total. The number of halogens is 1. The summed E-state index contributed by atoms with van der Waals surface area (Å²) >= 11 is 2.01. The number of carbonyl (C=O) groups is 1. The predicted octanol–water partition coefficient (Wildman–Crippen LogP) is 2.70. The van der Waals surface area contributed by atoms with E-state index in [1.807, 2.05) is 36.4 Å². The van der Waals surface area contributed by atoms with Gasteiger partial charge in [-0.15, -0.1) is 0 Å². The molecule has 1 atom stereocenters. The predicted molar refractivity (Wildman–Crippen MR) is 83.9 cm³/mol. The molecule has 0 spiro atoms. The number of hydrogen-bond acceptors (Lipinski definition) is 4. The molecule has 1 unspecified atom stereocenters. The first kappa shape index (κ1) is 16.8. The molecule has 0 aromatic heterocycles. The van der Waals surface area contributed by atoms with Gasteiger partial charge in [-0.1, -0.05) is 0 Å². The fourth-order valence-corrected chi connectivity index (χ4v) is 2.50. The molecule has 0 N–H and O–H groups in total. The quantitative estimate of drug-likeness (QED) is 0.424. The van der Waals surface area contributed by atoms with Gasteiger partial charge in [0.05, 0.1) is 23.1 Å². The number of rotatable bonds is 6. The Bertz CT molecular complexity index is 507. The Morgan fingerprint density at radius 2 is 2.20 bits per heavy atom. The number of methoxy groups -OCH3 is 1. The van der Waals surface area contributed by atoms with Crippen LogP contribution < -0.4 is 0 Å². The summed E-state index contributed by atoms with van der Waals surface area (Å²) in [6.45, 7) is 4.69. The molecular formula is C13H17IN2O4. The average Bonchev–Trinajstić information content (AvgIpc) is 2.39. The lowest BCUT2D eigenvalue weighted by atomic mass is 10.1. The lowest BCUT2D eigenvalue weighted by Gasteiger charge is -2.27. The van der Waals surface area contributed by atoms with Gasteiger partial charge in [-0.3, -0.25) is 14.9 Å². The van der Waals surface area contributed by atoms with Crippen molar-refractivity contribution >= 4 is 34.2 Å². The Kier molecular flexibility index (Phi) is 6.34. The van der Waals surface area contributed by atoms with Crippen LogP contribution in [0.15, 0.2) is 18.2 Å². The Morgan fingerprint density at radius 1 is 1.55 bits per heavy atom. The minimum Gasteiger partial charge on any atom is -0.383 e. The van der Waals surface area contributed by atoms with Crippen molar-refractivity contribution in [2.24, 2.45) is 0 Å². The topological polar surface area (TPSA) is 72.7 Å². The molecule has 0 aliphatic carbocycles. The Labute approximate surface area is 131 Å². The summed E-state index contributed by atoms with van der Waals surface area (Å²) in [5.74, 6) is -0.217. The number of benzene rings is 1. The van der Waals surface area contributed by atoms with E-state index in [4.69, 9.17) is 4.74 Å². The monoisotopic (exact) mass is 392 g/mol. The minimum absolute atomic E-state index is 0.0794. The standard InChI is InChI=1S/C13H17IN2O4/c1-4-15(9(2)8-20-3)13(17)11-7-10(16(18)19)5-6-12(11)14/h5-7,9H,4,8H2,1-3H3. The maximum Gasteiger partial charge on any atom is 0.270 e. The van der Waals surface area contributed by atoms with E-state index in [2.05, 4.69) is 0 Å². The summed E-state index contributed by atoms with van der Waals surface area (Å²) < 4.78 is 5.76. The van der Waals surface area contributed by atoms with Gasteiger partial charge in [-0.05, 0) is 42.5 Å². The fourth-order valence-electron chi connectivity index (χ4n) is 1.93. The van der Waals surface area contributed by atoms with Gasteiger partial charge in [-0.25, -0.2) is 0 Å². The van der Waals surface area contributed by atoms with Crippen LogP contribution in [0.5, 0.6) is 0 Å². The third-order valence-corrected chi connectivity index (χ3v) is 3.87. The van der Waals surface area contributed by atoms with Crippen LogP contribution in [0.1, 0.15) is 24.2 Å². The molecule has 7 heteroatoms. The van der Waals surface area contributed by atoms with Crippen LogP contribution in [0.2, 0.25) is 0 Å². The molecule has 0 saturated carbocycles. The number of carbonyl (C=O) groups excluding carboxylic acids is 1. The van der Waals surface area contributed by atoms with E-state index in [1.54, 1.807) is 18.1 Å². The molecule has 0 heterocycles. The second-order valence-corrected chi connectivity index (χ2v) is 5.48. The number of likely N-dealkylation sites (N-methyl/N-ethyl adjacent to an activating group) is 1. The maximum atomic E-state index is 12.5. The third kappa shape index (κ3) is 3.89. The number of non-ortho nitro benzene ring substituents is 1. The van der Waals surface area contributed by atoms with Crippen molar-refractivity contribution < 1.29 is 14.5 Å². The molecule has 0 saturated heterocycles. The number of hydrogen-bond donors (Lipinski definition) is 0. The summed E-state index contributed by atoms with van der Waals surface area (Å²) in [5.41, 5.74) is 0.272. The van der Waals surface area contributed by atoms with Crippen molar-refractivity contribution in [3.05, 3.63) is 37.4 Å². The fraction of sp³-hybridized carbons (Fsp3) is 0.462. The van der Waals surface area contributed by atoms with E-state index < -0.39 is 4.92 Å². The van der Waals surface area contributed by atoms with E-state index in [0.717, 1.165) is 0 Å². The number of nitro benzene ring substituents is 1. The van der Waals surface area contributed by atoms with Crippen LogP contribution in [0, 0.1) is 13.7 Å². The molecule has 0 radical (unpaired) electrons. The van der Waals surface area contributed by atoms with Crippen LogP contribution in [0.25, 0.3) is 0 Å². The molecule has 1 rings (SSSR count). The zero-order valence-electron chi connectivity index (χ0n) is 11.6. The molecule has 0 aliphatic heterocycles. The number of ether oxygens (including phenoxy) is 1. The first-order valence-electron chi connectivity index (χ1n) is 6.16. The lowest BCUT2D eigenvalue weighted by Crippen LogP contribution is -2.41. The highest BCUT2D eigenvalue weighted by Gasteiger charge is 2.23. The molecule has 1 aromatic carbocycles. The van der Waals surface area contributed by atoms with E-state index in [-0.39, 0.29) is 17.6 Å². The van der Waals surface area contributed by atoms with Gasteiger partial charge in [0.2, 0.25) is 0 Å². The molecule has 20 heavy (non-hydrogen) atoms. The van der Waals surface area contributed by atoms with E-state index in [9.17, 15) is 14.9 Å². The summed E-state index contributed by atoms with van der Waals surface area (Å²) in [6.07, 6.45) is 0. The average molecular weight is 392 g/mol. The van der Waals surface area contributed by atoms with E-state index in [1.165, 1.54) is 12.1 Å². The van der Waals surface area contributed by atoms with Crippen molar-refractivity contribution in [1.29, 1.82) is 0 Å². The maximum absolute atomic E-state index is 12.5. The second kappa shape index (κ2) is 7.53. The van der Waals surface area contributed by atoms with Crippen LogP contribution in [-0.4, -0.2) is 42.0 Å². The van der Waals surface area contributed by atoms with Gasteiger partial charge in [0.15, 0.2) is 0 Å². The van der Waals surface area contributed by atoms with E-state index in [0.29, 0.717) is 22.3 Å². The van der Waals surface area contributed by atoms with Crippen molar-refractivity contribution in [1.82, 2.24) is 4.90 Å². The van der Waals surface area contributed by atoms with Crippen molar-refractivity contribution in [3.8, 4) is 0 Å². The van der Waals surface area contributed by atoms with Gasteiger partial charge >= 0.3 is 0 Å². The highest BCUT2D eigenvalue weighted by atomic mass is 127. The first-order valence-corrected chi connectivity index (χ1v) is 7.24. The van der Waals surface area contributed by atoms with Crippen molar-refractivity contribution in [2.75, 3.05) is 20.3 Å². The van der Waals surface area contributed by atoms with Gasteiger partial charge < -0.3 is 9.64 Å². The lowest BCUT2D eigenvalue weighted by molar-refractivity contribution is -0.384. The second-order valence-electron chi connectivity index (χ2n) is 4.32. The smallest absolute Gasteiger partial charge is 0.270 e. The van der Waals surface area contributed by atoms with Gasteiger partial charge in [0, 0.05) is 29.4 Å². The van der Waals surface area contributed by atoms with Crippen LogP contribution in [0.4, 0.5) is 5.69 Å². The zero-order chi connectivity index (χ0) is 15.3. The molecule has 1 amide bonds. The highest BCUT2D eigenvalue weighted by molar-refractivity contribution is 14.1. The first-order chi connectivity index (χ1) is 9.42. The summed E-state index contributed by atoms with van der Waals surface area (Å²) in [7, 11) is 1.58. The molecular weight excluding hydrogens is 375 g/mol. The molecule has 110 valence electrons. The number of nitro groups is 1. The summed E-state index contributed by atoms with van der Waals surface area (Å²) in [5, 5.41) is 10.8. The zero-order valence-corrected chi connectivity index (χ0v) is 13.8. The molecule has 0 fully saturated rings. The Hall–Kier alpha value is -1.22. The van der Waals surface area contributed by atoms with E-state index >= 15 is 0 Å². The van der Waals surface area contributed by atoms with Crippen LogP contribution in [-0.2, 0) is 4.74 Å². The molecule has 0 aliphatic rings. The van der Waals surface area contributed by atoms with Crippen LogP contribution >= 0.6 is 22.6 Å². The molecule has 1 aromatic rings. The normalized spacial score (nSPS) is 12.0. The number of amides is 1. The largest absolute Gasteiger partial charge is 0.383 e. The van der Waals surface area contributed by atoms with Crippen LogP contribution in [0.3, 0.4) is 0 Å². The summed E-state index contributed by atoms with van der Waals surface area (Å²) in [6, 6.07) is 4.22. The SMILES string of the molecule is CCN(C(=O)c1cc([N+](=O)[O-])ccc1I)C(C)COC. The van der Waals surface area contributed by atoms with Crippen molar-refractivity contribution in [2.45, 2.75) is 19.9 Å². The van der Waals surface area contributed by atoms with Gasteiger partial charge in [0.25, 0.3) is 11.6 Å². The third-order valence-electron chi connectivity index (χ3n) is 2.93. The molecule has 0 bridgehead atoms. The van der Waals surface area contributed by atoms with Gasteiger partial charge in [-0.2, -0.15) is 0 Å². The highest BCUT2D eigenvalue weighted by Crippen LogP contribution is 2.21.